The van der Waals surface area contributed by atoms with E-state index >= 15 is 0 Å². The van der Waals surface area contributed by atoms with Gasteiger partial charge < -0.3 is 10.2 Å². The fraction of sp³-hybridized carbons (Fsp3) is 0.364. The zero-order valence-corrected chi connectivity index (χ0v) is 16.9. The highest BCUT2D eigenvalue weighted by atomic mass is 16.2. The lowest BCUT2D eigenvalue weighted by atomic mass is 9.79. The van der Waals surface area contributed by atoms with Gasteiger partial charge in [-0.25, -0.2) is 4.79 Å². The molecule has 0 saturated heterocycles. The fourth-order valence-corrected chi connectivity index (χ4v) is 4.11. The first kappa shape index (κ1) is 19.1. The molecule has 29 heavy (non-hydrogen) atoms. The number of benzene rings is 2. The molecule has 1 aliphatic rings. The number of carbonyl (C=O) groups is 1. The van der Waals surface area contributed by atoms with Gasteiger partial charge >= 0.3 is 6.03 Å². The van der Waals surface area contributed by atoms with E-state index in [-0.39, 0.29) is 6.03 Å². The van der Waals surface area contributed by atoms with E-state index in [4.69, 9.17) is 0 Å². The van der Waals surface area contributed by atoms with Crippen molar-refractivity contribution in [1.29, 1.82) is 0 Å². The number of hydrogen-bond donors (Lipinski definition) is 1. The molecule has 1 N–H and O–H groups in total. The van der Waals surface area contributed by atoms with Crippen molar-refractivity contribution < 1.29 is 4.79 Å². The van der Waals surface area contributed by atoms with Gasteiger partial charge in [-0.1, -0.05) is 55.2 Å². The Morgan fingerprint density at radius 3 is 2.41 bits per heavy atom. The Kier molecular flexibility index (Phi) is 5.29. The Morgan fingerprint density at radius 1 is 1.03 bits per heavy atom. The van der Waals surface area contributed by atoms with E-state index in [1.54, 1.807) is 9.58 Å². The molecule has 7 heteroatoms. The standard InChI is InChI=1S/C22H26N6O/c1-17-11-13-19(14-12-17)28-20(24-25-26-28)22(15-7-4-8-16-22)27(2)21(29)23-18-9-5-3-6-10-18/h3,5-6,9-14H,4,7-8,15-16H2,1-2H3,(H,23,29). The van der Waals surface area contributed by atoms with Crippen LogP contribution in [0, 0.1) is 6.92 Å². The summed E-state index contributed by atoms with van der Waals surface area (Å²) in [6.45, 7) is 2.05. The van der Waals surface area contributed by atoms with Crippen LogP contribution in [0.15, 0.2) is 54.6 Å². The molecule has 1 saturated carbocycles. The fourth-order valence-electron chi connectivity index (χ4n) is 4.11. The van der Waals surface area contributed by atoms with Crippen LogP contribution in [0.4, 0.5) is 10.5 Å². The molecule has 0 aliphatic heterocycles. The van der Waals surface area contributed by atoms with Crippen LogP contribution in [0.2, 0.25) is 0 Å². The number of para-hydroxylation sites is 1. The molecular weight excluding hydrogens is 364 g/mol. The number of anilines is 1. The molecular formula is C22H26N6O. The van der Waals surface area contributed by atoms with Gasteiger partial charge in [0.25, 0.3) is 0 Å². The molecule has 7 nitrogen and oxygen atoms in total. The molecule has 1 heterocycles. The Labute approximate surface area is 170 Å². The van der Waals surface area contributed by atoms with E-state index in [1.807, 2.05) is 61.6 Å². The van der Waals surface area contributed by atoms with Crippen LogP contribution >= 0.6 is 0 Å². The third kappa shape index (κ3) is 3.72. The molecule has 0 spiro atoms. The lowest BCUT2D eigenvalue weighted by Crippen LogP contribution is -2.51. The van der Waals surface area contributed by atoms with Crippen molar-refractivity contribution in [3.63, 3.8) is 0 Å². The topological polar surface area (TPSA) is 75.9 Å². The van der Waals surface area contributed by atoms with Crippen LogP contribution < -0.4 is 5.32 Å². The van der Waals surface area contributed by atoms with Gasteiger partial charge in [0.2, 0.25) is 0 Å². The second-order valence-electron chi connectivity index (χ2n) is 7.70. The average molecular weight is 390 g/mol. The summed E-state index contributed by atoms with van der Waals surface area (Å²) in [6.07, 6.45) is 4.88. The minimum absolute atomic E-state index is 0.156. The molecule has 2 aromatic carbocycles. The van der Waals surface area contributed by atoms with Gasteiger partial charge in [-0.3, -0.25) is 0 Å². The number of rotatable bonds is 4. The Balaban J connectivity index is 1.70. The summed E-state index contributed by atoms with van der Waals surface area (Å²) in [5.41, 5.74) is 2.30. The van der Waals surface area contributed by atoms with Crippen molar-refractivity contribution in [2.45, 2.75) is 44.6 Å². The number of amides is 2. The van der Waals surface area contributed by atoms with E-state index in [1.165, 1.54) is 5.56 Å². The zero-order valence-electron chi connectivity index (χ0n) is 16.9. The van der Waals surface area contributed by atoms with Crippen molar-refractivity contribution >= 4 is 11.7 Å². The number of aromatic nitrogens is 4. The molecule has 0 radical (unpaired) electrons. The molecule has 0 unspecified atom stereocenters. The van der Waals surface area contributed by atoms with Crippen LogP contribution in [0.25, 0.3) is 5.69 Å². The predicted octanol–water partition coefficient (Wildman–Crippen LogP) is 4.29. The summed E-state index contributed by atoms with van der Waals surface area (Å²) in [7, 11) is 1.84. The lowest BCUT2D eigenvalue weighted by molar-refractivity contribution is 0.0936. The molecule has 1 aromatic heterocycles. The molecule has 0 bridgehead atoms. The molecule has 3 aromatic rings. The van der Waals surface area contributed by atoms with Crippen LogP contribution in [0.3, 0.4) is 0 Å². The highest BCUT2D eigenvalue weighted by molar-refractivity contribution is 5.89. The number of nitrogens with one attached hydrogen (secondary N) is 1. The number of carbonyl (C=O) groups excluding carboxylic acids is 1. The molecule has 0 atom stereocenters. The first-order valence-electron chi connectivity index (χ1n) is 10.1. The number of hydrogen-bond acceptors (Lipinski definition) is 4. The van der Waals surface area contributed by atoms with Crippen LogP contribution in [-0.2, 0) is 5.54 Å². The van der Waals surface area contributed by atoms with E-state index in [0.29, 0.717) is 5.82 Å². The average Bonchev–Trinajstić information content (AvgIpc) is 3.25. The number of aryl methyl sites for hydroxylation is 1. The normalized spacial score (nSPS) is 15.7. The Morgan fingerprint density at radius 2 is 1.72 bits per heavy atom. The summed E-state index contributed by atoms with van der Waals surface area (Å²) >= 11 is 0. The minimum atomic E-state index is -0.550. The van der Waals surface area contributed by atoms with Crippen molar-refractivity contribution in [3.8, 4) is 5.69 Å². The Hall–Kier alpha value is -3.22. The van der Waals surface area contributed by atoms with Gasteiger partial charge in [-0.05, 0) is 54.5 Å². The zero-order chi connectivity index (χ0) is 20.3. The summed E-state index contributed by atoms with van der Waals surface area (Å²) in [4.78, 5) is 14.9. The maximum atomic E-state index is 13.1. The second kappa shape index (κ2) is 8.03. The van der Waals surface area contributed by atoms with Gasteiger partial charge in [0.05, 0.1) is 5.69 Å². The van der Waals surface area contributed by atoms with Gasteiger partial charge in [-0.2, -0.15) is 4.68 Å². The number of urea groups is 1. The maximum Gasteiger partial charge on any atom is 0.322 e. The molecule has 1 aliphatic carbocycles. The van der Waals surface area contributed by atoms with Crippen LogP contribution in [0.1, 0.15) is 43.5 Å². The first-order valence-corrected chi connectivity index (χ1v) is 10.1. The van der Waals surface area contributed by atoms with Crippen molar-refractivity contribution in [2.24, 2.45) is 0 Å². The van der Waals surface area contributed by atoms with E-state index < -0.39 is 5.54 Å². The number of tetrazole rings is 1. The van der Waals surface area contributed by atoms with Gasteiger partial charge in [0, 0.05) is 12.7 Å². The lowest BCUT2D eigenvalue weighted by Gasteiger charge is -2.43. The van der Waals surface area contributed by atoms with Crippen LogP contribution in [-0.4, -0.2) is 38.2 Å². The maximum absolute atomic E-state index is 13.1. The third-order valence-electron chi connectivity index (χ3n) is 5.82. The summed E-state index contributed by atoms with van der Waals surface area (Å²) < 4.78 is 1.77. The quantitative estimate of drug-likeness (QED) is 0.721. The van der Waals surface area contributed by atoms with Gasteiger partial charge in [0.1, 0.15) is 5.54 Å². The van der Waals surface area contributed by atoms with E-state index in [9.17, 15) is 4.79 Å². The van der Waals surface area contributed by atoms with E-state index in [0.717, 1.165) is 43.5 Å². The highest BCUT2D eigenvalue weighted by Crippen LogP contribution is 2.41. The molecule has 2 amide bonds. The van der Waals surface area contributed by atoms with E-state index in [2.05, 4.69) is 27.8 Å². The van der Waals surface area contributed by atoms with Gasteiger partial charge in [0.15, 0.2) is 5.82 Å². The third-order valence-corrected chi connectivity index (χ3v) is 5.82. The SMILES string of the molecule is Cc1ccc(-n2nnnc2C2(N(C)C(=O)Nc3ccccc3)CCCCC2)cc1. The molecule has 1 fully saturated rings. The van der Waals surface area contributed by atoms with Gasteiger partial charge in [-0.15, -0.1) is 5.10 Å². The highest BCUT2D eigenvalue weighted by Gasteiger charge is 2.45. The molecule has 150 valence electrons. The second-order valence-corrected chi connectivity index (χ2v) is 7.70. The van der Waals surface area contributed by atoms with Crippen LogP contribution in [0.5, 0.6) is 0 Å². The summed E-state index contributed by atoms with van der Waals surface area (Å²) in [5.74, 6) is 0.715. The van der Waals surface area contributed by atoms with Crippen molar-refractivity contribution in [2.75, 3.05) is 12.4 Å². The smallest absolute Gasteiger partial charge is 0.315 e. The number of nitrogens with zero attached hydrogens (tertiary/aromatic N) is 5. The summed E-state index contributed by atoms with van der Waals surface area (Å²) in [6, 6.07) is 17.5. The largest absolute Gasteiger partial charge is 0.322 e. The molecule has 4 rings (SSSR count). The van der Waals surface area contributed by atoms with Crippen molar-refractivity contribution in [3.05, 3.63) is 66.0 Å². The first-order chi connectivity index (χ1) is 14.1. The summed E-state index contributed by atoms with van der Waals surface area (Å²) in [5, 5.41) is 15.6. The Bertz CT molecular complexity index is 960. The minimum Gasteiger partial charge on any atom is -0.315 e. The predicted molar refractivity (Wildman–Crippen MR) is 112 cm³/mol. The monoisotopic (exact) mass is 390 g/mol. The van der Waals surface area contributed by atoms with Crippen molar-refractivity contribution in [1.82, 2.24) is 25.1 Å².